The molecule has 3 aliphatic carbocycles. The lowest BCUT2D eigenvalue weighted by molar-refractivity contribution is -0.117. The van der Waals surface area contributed by atoms with Crippen molar-refractivity contribution in [3.63, 3.8) is 0 Å². The average Bonchev–Trinajstić information content (AvgIpc) is 3.27. The van der Waals surface area contributed by atoms with Crippen LogP contribution >= 0.6 is 7.60 Å². The van der Waals surface area contributed by atoms with Gasteiger partial charge in [-0.2, -0.15) is 0 Å². The fourth-order valence-corrected chi connectivity index (χ4v) is 10.2. The summed E-state index contributed by atoms with van der Waals surface area (Å²) >= 11 is 0. The third-order valence-electron chi connectivity index (χ3n) is 10.2. The minimum atomic E-state index is -3.63. The van der Waals surface area contributed by atoms with Crippen molar-refractivity contribution in [2.24, 2.45) is 23.2 Å². The molecule has 0 bridgehead atoms. The van der Waals surface area contributed by atoms with Crippen molar-refractivity contribution in [2.75, 3.05) is 13.2 Å². The van der Waals surface area contributed by atoms with Crippen LogP contribution in [0.4, 0.5) is 0 Å². The van der Waals surface area contributed by atoms with E-state index >= 15 is 0 Å². The predicted octanol–water partition coefficient (Wildman–Crippen LogP) is 7.71. The van der Waals surface area contributed by atoms with Gasteiger partial charge in [0.05, 0.1) is 25.4 Å². The van der Waals surface area contributed by atoms with Gasteiger partial charge in [0, 0.05) is 6.42 Å². The Morgan fingerprint density at radius 1 is 1.15 bits per heavy atom. The van der Waals surface area contributed by atoms with Crippen LogP contribution in [0.2, 0.25) is 0 Å². The standard InChI is InChI=1S/C33H53O6P/c1-8-33(9-2,40(37,38-10-3)39-11-4)31(36)19-14-23(5)28-17-18-29-25(13-12-20-32(28,29)7)15-16-26-21-27(34)22-30(35)24(26)6/h14-16,19,23,27-30,34-35H,6,8-13,17-18,20-22H2,1-5,7H3/b19-14+,25-15+,26-16-/t23-,27-,28-,29?,30+,32-/m1/s1. The highest BCUT2D eigenvalue weighted by molar-refractivity contribution is 7.57. The Kier molecular flexibility index (Phi) is 11.4. The largest absolute Gasteiger partial charge is 0.393 e. The molecular weight excluding hydrogens is 523 g/mol. The van der Waals surface area contributed by atoms with Gasteiger partial charge in [0.25, 0.3) is 0 Å². The van der Waals surface area contributed by atoms with Crippen LogP contribution in [-0.4, -0.2) is 46.6 Å². The molecule has 7 heteroatoms. The van der Waals surface area contributed by atoms with Gasteiger partial charge >= 0.3 is 7.60 Å². The van der Waals surface area contributed by atoms with Crippen molar-refractivity contribution >= 4 is 13.4 Å². The molecule has 226 valence electrons. The van der Waals surface area contributed by atoms with Crippen molar-refractivity contribution in [1.29, 1.82) is 0 Å². The third kappa shape index (κ3) is 6.37. The summed E-state index contributed by atoms with van der Waals surface area (Å²) in [5.74, 6) is 0.949. The van der Waals surface area contributed by atoms with E-state index in [1.807, 2.05) is 19.9 Å². The summed E-state index contributed by atoms with van der Waals surface area (Å²) < 4.78 is 25.1. The maximum atomic E-state index is 13.8. The van der Waals surface area contributed by atoms with Crippen molar-refractivity contribution < 1.29 is 28.6 Å². The number of allylic oxidation sites excluding steroid dienone is 5. The number of hydrogen-bond donors (Lipinski definition) is 2. The Balaban J connectivity index is 1.81. The van der Waals surface area contributed by atoms with Gasteiger partial charge in [-0.15, -0.1) is 0 Å². The Bertz CT molecular complexity index is 1040. The van der Waals surface area contributed by atoms with Crippen LogP contribution in [0.15, 0.2) is 47.6 Å². The molecule has 0 aliphatic heterocycles. The predicted molar refractivity (Wildman–Crippen MR) is 162 cm³/mol. The molecule has 3 fully saturated rings. The molecule has 0 amide bonds. The van der Waals surface area contributed by atoms with Gasteiger partial charge < -0.3 is 19.3 Å². The van der Waals surface area contributed by atoms with E-state index in [9.17, 15) is 19.6 Å². The smallest absolute Gasteiger partial charge is 0.344 e. The average molecular weight is 577 g/mol. The Morgan fingerprint density at radius 2 is 1.80 bits per heavy atom. The first kappa shape index (κ1) is 33.2. The molecule has 0 saturated heterocycles. The topological polar surface area (TPSA) is 93.1 Å². The molecule has 3 rings (SSSR count). The molecule has 40 heavy (non-hydrogen) atoms. The second kappa shape index (κ2) is 13.8. The maximum absolute atomic E-state index is 13.8. The third-order valence-corrected chi connectivity index (χ3v) is 13.3. The number of aliphatic hydroxyl groups excluding tert-OH is 2. The van der Waals surface area contributed by atoms with Gasteiger partial charge in [0.15, 0.2) is 5.78 Å². The number of ketones is 1. The minimum Gasteiger partial charge on any atom is -0.393 e. The van der Waals surface area contributed by atoms with E-state index in [0.717, 1.165) is 43.3 Å². The fraction of sp³-hybridized carbons (Fsp3) is 0.727. The van der Waals surface area contributed by atoms with E-state index in [1.165, 1.54) is 5.57 Å². The summed E-state index contributed by atoms with van der Waals surface area (Å²) in [6, 6.07) is 0. The van der Waals surface area contributed by atoms with E-state index < -0.39 is 25.0 Å². The first-order valence-corrected chi connectivity index (χ1v) is 17.0. The lowest BCUT2D eigenvalue weighted by Gasteiger charge is -2.44. The molecule has 0 heterocycles. The second-order valence-corrected chi connectivity index (χ2v) is 14.7. The van der Waals surface area contributed by atoms with Gasteiger partial charge in [0.1, 0.15) is 5.16 Å². The van der Waals surface area contributed by atoms with Crippen molar-refractivity contribution in [1.82, 2.24) is 0 Å². The molecule has 1 unspecified atom stereocenters. The number of aliphatic hydroxyl groups is 2. The SMILES string of the molecule is C=C1/C(=C\C=C2/CCC[C@@]3(C)C2CC[C@@H]3[C@H](C)/C=C/C(=O)C(CC)(CC)P(=O)(OCC)OCC)C[C@@H](O)C[C@@H]1O. The number of fused-ring (bicyclic) bond motifs is 1. The Morgan fingerprint density at radius 3 is 2.40 bits per heavy atom. The second-order valence-electron chi connectivity index (χ2n) is 12.3. The fourth-order valence-electron chi connectivity index (χ4n) is 7.88. The van der Waals surface area contributed by atoms with Gasteiger partial charge in [-0.25, -0.2) is 0 Å². The summed E-state index contributed by atoms with van der Waals surface area (Å²) in [4.78, 5) is 13.7. The minimum absolute atomic E-state index is 0.135. The Hall–Kier alpha value is -1.30. The highest BCUT2D eigenvalue weighted by Crippen LogP contribution is 2.64. The first-order chi connectivity index (χ1) is 18.9. The molecule has 6 nitrogen and oxygen atoms in total. The molecule has 0 radical (unpaired) electrons. The van der Waals surface area contributed by atoms with Gasteiger partial charge in [-0.1, -0.05) is 58.1 Å². The summed E-state index contributed by atoms with van der Waals surface area (Å²) in [5, 5.41) is 19.2. The van der Waals surface area contributed by atoms with E-state index in [4.69, 9.17) is 9.05 Å². The summed E-state index contributed by atoms with van der Waals surface area (Å²) in [7, 11) is -3.63. The zero-order chi connectivity index (χ0) is 29.7. The van der Waals surface area contributed by atoms with Crippen molar-refractivity contribution in [2.45, 2.75) is 117 Å². The van der Waals surface area contributed by atoms with Crippen LogP contribution in [0.3, 0.4) is 0 Å². The van der Waals surface area contributed by atoms with Gasteiger partial charge in [-0.3, -0.25) is 9.36 Å². The summed E-state index contributed by atoms with van der Waals surface area (Å²) in [6.45, 7) is 16.5. The lowest BCUT2D eigenvalue weighted by Crippen LogP contribution is -2.38. The van der Waals surface area contributed by atoms with Crippen LogP contribution in [-0.2, 0) is 18.4 Å². The van der Waals surface area contributed by atoms with Gasteiger partial charge in [-0.05, 0) is 106 Å². The summed E-state index contributed by atoms with van der Waals surface area (Å²) in [6.07, 6.45) is 14.1. The highest BCUT2D eigenvalue weighted by Gasteiger charge is 2.53. The molecule has 3 aliphatic rings. The number of carbonyl (C=O) groups excluding carboxylic acids is 1. The van der Waals surface area contributed by atoms with Crippen molar-refractivity contribution in [3.8, 4) is 0 Å². The molecule has 0 aromatic carbocycles. The first-order valence-electron chi connectivity index (χ1n) is 15.5. The molecule has 0 aromatic heterocycles. The van der Waals surface area contributed by atoms with Gasteiger partial charge in [0.2, 0.25) is 0 Å². The molecule has 3 saturated carbocycles. The molecule has 2 N–H and O–H groups in total. The van der Waals surface area contributed by atoms with Crippen molar-refractivity contribution in [3.05, 3.63) is 47.6 Å². The normalized spacial score (nSPS) is 32.6. The molecule has 0 spiro atoms. The van der Waals surface area contributed by atoms with E-state index in [1.54, 1.807) is 19.9 Å². The summed E-state index contributed by atoms with van der Waals surface area (Å²) in [5.41, 5.74) is 3.25. The maximum Gasteiger partial charge on any atom is 0.344 e. The van der Waals surface area contributed by atoms with Crippen LogP contribution < -0.4 is 0 Å². The van der Waals surface area contributed by atoms with Crippen LogP contribution in [0, 0.1) is 23.2 Å². The van der Waals surface area contributed by atoms with Crippen LogP contribution in [0.25, 0.3) is 0 Å². The lowest BCUT2D eigenvalue weighted by atomic mass is 9.61. The zero-order valence-electron chi connectivity index (χ0n) is 25.7. The molecular formula is C33H53O6P. The molecule has 6 atom stereocenters. The number of rotatable bonds is 12. The van der Waals surface area contributed by atoms with E-state index in [-0.39, 0.29) is 30.3 Å². The monoisotopic (exact) mass is 576 g/mol. The van der Waals surface area contributed by atoms with E-state index in [0.29, 0.717) is 37.5 Å². The molecule has 0 aromatic rings. The van der Waals surface area contributed by atoms with E-state index in [2.05, 4.69) is 32.6 Å². The number of carbonyl (C=O) groups is 1. The Labute approximate surface area is 242 Å². The number of hydrogen-bond acceptors (Lipinski definition) is 6. The zero-order valence-corrected chi connectivity index (χ0v) is 26.6. The van der Waals surface area contributed by atoms with Crippen LogP contribution in [0.5, 0.6) is 0 Å². The van der Waals surface area contributed by atoms with Crippen LogP contribution in [0.1, 0.15) is 99.3 Å². The quantitative estimate of drug-likeness (QED) is 0.183. The highest BCUT2D eigenvalue weighted by atomic mass is 31.2.